The zero-order valence-corrected chi connectivity index (χ0v) is 14.5. The molecule has 0 spiro atoms. The summed E-state index contributed by atoms with van der Waals surface area (Å²) in [5.74, 6) is 0.850. The summed E-state index contributed by atoms with van der Waals surface area (Å²) in [6, 6.07) is 12.4. The van der Waals surface area contributed by atoms with Crippen LogP contribution in [-0.4, -0.2) is 31.0 Å². The summed E-state index contributed by atoms with van der Waals surface area (Å²) in [5.41, 5.74) is 4.66. The minimum atomic E-state index is 0.850. The third-order valence-electron chi connectivity index (χ3n) is 4.56. The van der Waals surface area contributed by atoms with Gasteiger partial charge in [-0.25, -0.2) is 14.5 Å². The van der Waals surface area contributed by atoms with E-state index in [2.05, 4.69) is 38.6 Å². The quantitative estimate of drug-likeness (QED) is 0.570. The van der Waals surface area contributed by atoms with Gasteiger partial charge in [-0.15, -0.1) is 11.3 Å². The standard InChI is InChI=1S/C19H17N5S/c1-2-7-24-16(4-1)10-15(22-24)13-23-8-6-17-14(12-23)11-20-19(21-17)18-5-3-9-25-18/h1-5,7,9-11H,6,8,12-13H2. The summed E-state index contributed by atoms with van der Waals surface area (Å²) in [4.78, 5) is 12.9. The molecule has 25 heavy (non-hydrogen) atoms. The first kappa shape index (κ1) is 14.7. The lowest BCUT2D eigenvalue weighted by Gasteiger charge is -2.27. The lowest BCUT2D eigenvalue weighted by molar-refractivity contribution is 0.240. The van der Waals surface area contributed by atoms with Crippen molar-refractivity contribution < 1.29 is 0 Å². The molecule has 0 amide bonds. The van der Waals surface area contributed by atoms with Crippen LogP contribution in [0.2, 0.25) is 0 Å². The first-order chi connectivity index (χ1) is 12.3. The normalized spacial score (nSPS) is 14.7. The summed E-state index contributed by atoms with van der Waals surface area (Å²) in [5, 5.41) is 6.72. The van der Waals surface area contributed by atoms with E-state index in [0.717, 1.165) is 48.0 Å². The maximum absolute atomic E-state index is 4.78. The number of pyridine rings is 1. The van der Waals surface area contributed by atoms with E-state index in [4.69, 9.17) is 4.98 Å². The van der Waals surface area contributed by atoms with Gasteiger partial charge in [0, 0.05) is 44.0 Å². The Kier molecular flexibility index (Phi) is 3.57. The van der Waals surface area contributed by atoms with Crippen LogP contribution >= 0.6 is 11.3 Å². The first-order valence-electron chi connectivity index (χ1n) is 8.39. The molecule has 4 aromatic heterocycles. The Balaban J connectivity index is 1.35. The Morgan fingerprint density at radius 1 is 1.16 bits per heavy atom. The number of hydrogen-bond donors (Lipinski definition) is 0. The molecule has 0 fully saturated rings. The fraction of sp³-hybridized carbons (Fsp3) is 0.211. The first-order valence-corrected chi connectivity index (χ1v) is 9.27. The Labute approximate surface area is 149 Å². The van der Waals surface area contributed by atoms with E-state index >= 15 is 0 Å². The van der Waals surface area contributed by atoms with Crippen LogP contribution in [-0.2, 0) is 19.5 Å². The van der Waals surface area contributed by atoms with Gasteiger partial charge < -0.3 is 0 Å². The highest BCUT2D eigenvalue weighted by Gasteiger charge is 2.20. The molecule has 0 saturated carbocycles. The predicted molar refractivity (Wildman–Crippen MR) is 98.4 cm³/mol. The molecule has 1 aliphatic rings. The fourth-order valence-electron chi connectivity index (χ4n) is 3.33. The molecule has 0 bridgehead atoms. The van der Waals surface area contributed by atoms with Crippen LogP contribution in [0.4, 0.5) is 0 Å². The summed E-state index contributed by atoms with van der Waals surface area (Å²) in [6.07, 6.45) is 4.95. The molecule has 0 unspecified atom stereocenters. The Morgan fingerprint density at radius 2 is 2.16 bits per heavy atom. The van der Waals surface area contributed by atoms with Crippen molar-refractivity contribution in [2.45, 2.75) is 19.5 Å². The minimum absolute atomic E-state index is 0.850. The van der Waals surface area contributed by atoms with E-state index < -0.39 is 0 Å². The zero-order valence-electron chi connectivity index (χ0n) is 13.7. The van der Waals surface area contributed by atoms with Gasteiger partial charge in [0.25, 0.3) is 0 Å². The van der Waals surface area contributed by atoms with Crippen LogP contribution in [0.5, 0.6) is 0 Å². The second kappa shape index (κ2) is 6.06. The van der Waals surface area contributed by atoms with E-state index in [-0.39, 0.29) is 0 Å². The minimum Gasteiger partial charge on any atom is -0.293 e. The van der Waals surface area contributed by atoms with Gasteiger partial charge in [-0.3, -0.25) is 4.90 Å². The van der Waals surface area contributed by atoms with Gasteiger partial charge >= 0.3 is 0 Å². The Hall–Kier alpha value is -2.57. The number of rotatable bonds is 3. The SMILES string of the molecule is c1csc(-c2ncc3c(n2)CCN(Cc2cc4ccccn4n2)C3)c1. The lowest BCUT2D eigenvalue weighted by Crippen LogP contribution is -2.31. The maximum atomic E-state index is 4.78. The van der Waals surface area contributed by atoms with Crippen molar-refractivity contribution in [3.05, 3.63) is 71.1 Å². The van der Waals surface area contributed by atoms with Crippen molar-refractivity contribution in [2.75, 3.05) is 6.54 Å². The molecule has 124 valence electrons. The van der Waals surface area contributed by atoms with Gasteiger partial charge in [0.15, 0.2) is 5.82 Å². The maximum Gasteiger partial charge on any atom is 0.169 e. The number of nitrogens with zero attached hydrogens (tertiary/aromatic N) is 5. The fourth-order valence-corrected chi connectivity index (χ4v) is 4.00. The molecule has 0 saturated heterocycles. The second-order valence-corrected chi connectivity index (χ2v) is 7.26. The number of hydrogen-bond acceptors (Lipinski definition) is 5. The molecule has 1 aliphatic heterocycles. The average Bonchev–Trinajstić information content (AvgIpc) is 3.30. The van der Waals surface area contributed by atoms with Crippen molar-refractivity contribution >= 4 is 16.9 Å². The molecule has 0 aliphatic carbocycles. The molecular formula is C19H17N5S. The third kappa shape index (κ3) is 2.83. The summed E-state index contributed by atoms with van der Waals surface area (Å²) in [6.45, 7) is 2.74. The Morgan fingerprint density at radius 3 is 3.04 bits per heavy atom. The van der Waals surface area contributed by atoms with Gasteiger partial charge in [0.05, 0.1) is 21.8 Å². The molecule has 0 aromatic carbocycles. The van der Waals surface area contributed by atoms with Crippen LogP contribution in [0.25, 0.3) is 16.2 Å². The molecule has 6 heteroatoms. The summed E-state index contributed by atoms with van der Waals surface area (Å²) < 4.78 is 1.93. The lowest BCUT2D eigenvalue weighted by atomic mass is 10.1. The molecule has 5 rings (SSSR count). The van der Waals surface area contributed by atoms with Crippen molar-refractivity contribution in [2.24, 2.45) is 0 Å². The van der Waals surface area contributed by atoms with Crippen LogP contribution in [0, 0.1) is 0 Å². The molecule has 0 atom stereocenters. The molecular weight excluding hydrogens is 330 g/mol. The van der Waals surface area contributed by atoms with Crippen LogP contribution in [0.1, 0.15) is 17.0 Å². The number of thiophene rings is 1. The molecule has 5 heterocycles. The zero-order chi connectivity index (χ0) is 16.6. The van der Waals surface area contributed by atoms with Gasteiger partial charge in [-0.2, -0.15) is 5.10 Å². The van der Waals surface area contributed by atoms with Crippen molar-refractivity contribution in [3.8, 4) is 10.7 Å². The van der Waals surface area contributed by atoms with E-state index in [1.165, 1.54) is 11.3 Å². The summed E-state index contributed by atoms with van der Waals surface area (Å²) >= 11 is 1.68. The molecule has 4 aromatic rings. The van der Waals surface area contributed by atoms with E-state index in [1.807, 2.05) is 35.1 Å². The van der Waals surface area contributed by atoms with Gasteiger partial charge in [0.1, 0.15) is 0 Å². The number of aromatic nitrogens is 4. The van der Waals surface area contributed by atoms with Crippen LogP contribution < -0.4 is 0 Å². The largest absolute Gasteiger partial charge is 0.293 e. The molecule has 5 nitrogen and oxygen atoms in total. The van der Waals surface area contributed by atoms with Gasteiger partial charge in [0.2, 0.25) is 0 Å². The van der Waals surface area contributed by atoms with Crippen LogP contribution in [0.15, 0.2) is 54.2 Å². The monoisotopic (exact) mass is 347 g/mol. The highest BCUT2D eigenvalue weighted by Crippen LogP contribution is 2.24. The molecule has 0 N–H and O–H groups in total. The highest BCUT2D eigenvalue weighted by molar-refractivity contribution is 7.13. The number of fused-ring (bicyclic) bond motifs is 2. The Bertz CT molecular complexity index is 988. The highest BCUT2D eigenvalue weighted by atomic mass is 32.1. The predicted octanol–water partition coefficient (Wildman–Crippen LogP) is 3.41. The second-order valence-electron chi connectivity index (χ2n) is 6.31. The van der Waals surface area contributed by atoms with E-state index in [1.54, 1.807) is 11.3 Å². The van der Waals surface area contributed by atoms with E-state index in [0.29, 0.717) is 0 Å². The molecule has 0 radical (unpaired) electrons. The van der Waals surface area contributed by atoms with Crippen LogP contribution in [0.3, 0.4) is 0 Å². The van der Waals surface area contributed by atoms with Gasteiger partial charge in [-0.05, 0) is 29.6 Å². The summed E-state index contributed by atoms with van der Waals surface area (Å²) in [7, 11) is 0. The van der Waals surface area contributed by atoms with Crippen molar-refractivity contribution in [1.29, 1.82) is 0 Å². The third-order valence-corrected chi connectivity index (χ3v) is 5.43. The van der Waals surface area contributed by atoms with Gasteiger partial charge in [-0.1, -0.05) is 12.1 Å². The average molecular weight is 347 g/mol. The van der Waals surface area contributed by atoms with Crippen molar-refractivity contribution in [1.82, 2.24) is 24.5 Å². The van der Waals surface area contributed by atoms with Crippen molar-refractivity contribution in [3.63, 3.8) is 0 Å². The topological polar surface area (TPSA) is 46.3 Å². The van der Waals surface area contributed by atoms with E-state index in [9.17, 15) is 0 Å². The smallest absolute Gasteiger partial charge is 0.169 e.